The minimum Gasteiger partial charge on any atom is -0.256 e. The first-order valence-corrected chi connectivity index (χ1v) is 9.14. The predicted octanol–water partition coefficient (Wildman–Crippen LogP) is 5.09. The second-order valence-corrected chi connectivity index (χ2v) is 6.49. The average Bonchev–Trinajstić information content (AvgIpc) is 2.74. The molecule has 0 unspecified atom stereocenters. The van der Waals surface area contributed by atoms with Gasteiger partial charge in [-0.3, -0.25) is 4.98 Å². The van der Waals surface area contributed by atoms with Crippen LogP contribution in [0.15, 0.2) is 97.2 Å². The number of aromatic nitrogens is 1. The fourth-order valence-corrected chi connectivity index (χ4v) is 3.52. The highest BCUT2D eigenvalue weighted by Gasteiger charge is 2.07. The summed E-state index contributed by atoms with van der Waals surface area (Å²) in [5.41, 5.74) is 5.67. The normalized spacial score (nSPS) is 12.5. The molecule has 4 rings (SSSR count). The van der Waals surface area contributed by atoms with Crippen molar-refractivity contribution in [2.75, 3.05) is 0 Å². The molecule has 0 aliphatic carbocycles. The first-order valence-electron chi connectivity index (χ1n) is 9.14. The van der Waals surface area contributed by atoms with Gasteiger partial charge in [-0.2, -0.15) is 0 Å². The van der Waals surface area contributed by atoms with E-state index in [1.165, 1.54) is 16.7 Å². The molecular formula is C26H21N. The highest BCUT2D eigenvalue weighted by Crippen LogP contribution is 2.25. The third kappa shape index (κ3) is 3.20. The van der Waals surface area contributed by atoms with Crippen molar-refractivity contribution in [3.63, 3.8) is 0 Å². The lowest BCUT2D eigenvalue weighted by molar-refractivity contribution is 1.38. The molecule has 3 aromatic carbocycles. The van der Waals surface area contributed by atoms with Crippen molar-refractivity contribution in [1.29, 1.82) is 0 Å². The molecule has 0 saturated heterocycles. The molecule has 0 bridgehead atoms. The van der Waals surface area contributed by atoms with Gasteiger partial charge in [0.15, 0.2) is 0 Å². The maximum Gasteiger partial charge on any atom is 0.0780 e. The zero-order chi connectivity index (χ0) is 18.6. The van der Waals surface area contributed by atoms with Crippen molar-refractivity contribution in [1.82, 2.24) is 4.98 Å². The summed E-state index contributed by atoms with van der Waals surface area (Å²) in [6.45, 7) is 6.44. The van der Waals surface area contributed by atoms with Gasteiger partial charge < -0.3 is 0 Å². The summed E-state index contributed by atoms with van der Waals surface area (Å²) in [7, 11) is 0. The molecule has 1 heterocycles. The summed E-state index contributed by atoms with van der Waals surface area (Å²) in [6.07, 6.45) is 6.09. The quantitative estimate of drug-likeness (QED) is 0.503. The molecule has 4 aromatic rings. The summed E-state index contributed by atoms with van der Waals surface area (Å²) in [5.74, 6) is 0. The lowest BCUT2D eigenvalue weighted by Gasteiger charge is -2.09. The first-order chi connectivity index (χ1) is 13.3. The molecule has 0 radical (unpaired) electrons. The van der Waals surface area contributed by atoms with Crippen LogP contribution in [-0.4, -0.2) is 4.98 Å². The lowest BCUT2D eigenvalue weighted by Crippen LogP contribution is -2.27. The van der Waals surface area contributed by atoms with E-state index in [-0.39, 0.29) is 0 Å². The Morgan fingerprint density at radius 2 is 1.56 bits per heavy atom. The van der Waals surface area contributed by atoms with Gasteiger partial charge in [0.1, 0.15) is 0 Å². The van der Waals surface area contributed by atoms with E-state index in [2.05, 4.69) is 90.4 Å². The summed E-state index contributed by atoms with van der Waals surface area (Å²) in [6, 6.07) is 27.3. The molecule has 0 amide bonds. The molecular weight excluding hydrogens is 326 g/mol. The number of nitrogens with zero attached hydrogens (tertiary/aromatic N) is 1. The van der Waals surface area contributed by atoms with Crippen LogP contribution in [0.3, 0.4) is 0 Å². The number of pyridine rings is 1. The third-order valence-corrected chi connectivity index (χ3v) is 4.81. The molecule has 130 valence electrons. The van der Waals surface area contributed by atoms with Gasteiger partial charge in [0.25, 0.3) is 0 Å². The Kier molecular flexibility index (Phi) is 4.67. The van der Waals surface area contributed by atoms with Crippen molar-refractivity contribution in [2.45, 2.75) is 6.92 Å². The topological polar surface area (TPSA) is 12.9 Å². The van der Waals surface area contributed by atoms with Gasteiger partial charge in [0, 0.05) is 16.8 Å². The molecule has 0 atom stereocenters. The lowest BCUT2D eigenvalue weighted by atomic mass is 9.97. The summed E-state index contributed by atoms with van der Waals surface area (Å²) in [5, 5.41) is 3.21. The van der Waals surface area contributed by atoms with Gasteiger partial charge in [-0.25, -0.2) is 0 Å². The van der Waals surface area contributed by atoms with Gasteiger partial charge in [0.2, 0.25) is 0 Å². The number of fused-ring (bicyclic) bond motifs is 1. The highest BCUT2D eigenvalue weighted by molar-refractivity contribution is 5.95. The van der Waals surface area contributed by atoms with E-state index in [4.69, 9.17) is 0 Å². The molecule has 0 fully saturated rings. The van der Waals surface area contributed by atoms with Crippen molar-refractivity contribution in [3.8, 4) is 11.1 Å². The Morgan fingerprint density at radius 3 is 2.26 bits per heavy atom. The molecule has 0 aliphatic heterocycles. The van der Waals surface area contributed by atoms with E-state index in [1.54, 1.807) is 0 Å². The van der Waals surface area contributed by atoms with Crippen LogP contribution in [0.5, 0.6) is 0 Å². The highest BCUT2D eigenvalue weighted by atomic mass is 14.6. The molecule has 27 heavy (non-hydrogen) atoms. The van der Waals surface area contributed by atoms with Crippen LogP contribution < -0.4 is 10.4 Å². The molecule has 1 nitrogen and oxygen atoms in total. The Hall–Kier alpha value is -3.45. The molecule has 0 N–H and O–H groups in total. The minimum absolute atomic E-state index is 0.951. The van der Waals surface area contributed by atoms with Crippen LogP contribution in [0.2, 0.25) is 0 Å². The Bertz CT molecular complexity index is 1220. The standard InChI is InChI=1S/C26H21N/c1-3-10-23(20-11-6-4-7-12-20)22-15-16-25-24(21-13-8-5-9-14-21)17-18-27-26(25)19(22)2/h3-18H,2H2,1H3/b10-3-,23-22+. The first kappa shape index (κ1) is 17.0. The fraction of sp³-hybridized carbons (Fsp3) is 0.0385. The Morgan fingerprint density at radius 1 is 0.852 bits per heavy atom. The number of hydrogen-bond donors (Lipinski definition) is 0. The van der Waals surface area contributed by atoms with Gasteiger partial charge in [-0.1, -0.05) is 91.5 Å². The maximum absolute atomic E-state index is 4.66. The summed E-state index contributed by atoms with van der Waals surface area (Å²) in [4.78, 5) is 4.66. The van der Waals surface area contributed by atoms with Gasteiger partial charge in [-0.05, 0) is 40.5 Å². The molecule has 1 aromatic heterocycles. The van der Waals surface area contributed by atoms with Crippen LogP contribution in [0.4, 0.5) is 0 Å². The maximum atomic E-state index is 4.66. The second kappa shape index (κ2) is 7.43. The smallest absolute Gasteiger partial charge is 0.0780 e. The molecule has 1 heteroatoms. The number of hydrogen-bond acceptors (Lipinski definition) is 1. The monoisotopic (exact) mass is 347 g/mol. The zero-order valence-corrected chi connectivity index (χ0v) is 15.4. The second-order valence-electron chi connectivity index (χ2n) is 6.49. The Balaban J connectivity index is 2.05. The van der Waals surface area contributed by atoms with E-state index in [1.807, 2.05) is 25.3 Å². The van der Waals surface area contributed by atoms with Crippen molar-refractivity contribution in [3.05, 3.63) is 113 Å². The third-order valence-electron chi connectivity index (χ3n) is 4.81. The molecule has 0 saturated carbocycles. The summed E-state index contributed by atoms with van der Waals surface area (Å²) >= 11 is 0. The zero-order valence-electron chi connectivity index (χ0n) is 15.4. The fourth-order valence-electron chi connectivity index (χ4n) is 3.52. The van der Waals surface area contributed by atoms with Gasteiger partial charge >= 0.3 is 0 Å². The predicted molar refractivity (Wildman–Crippen MR) is 116 cm³/mol. The molecule has 0 spiro atoms. The van der Waals surface area contributed by atoms with Crippen molar-refractivity contribution >= 4 is 23.1 Å². The number of benzene rings is 3. The van der Waals surface area contributed by atoms with E-state index in [9.17, 15) is 0 Å². The van der Waals surface area contributed by atoms with E-state index in [0.29, 0.717) is 0 Å². The van der Waals surface area contributed by atoms with Crippen LogP contribution in [-0.2, 0) is 0 Å². The van der Waals surface area contributed by atoms with Gasteiger partial charge in [0.05, 0.1) is 5.52 Å². The van der Waals surface area contributed by atoms with Crippen LogP contribution in [0, 0.1) is 0 Å². The average molecular weight is 347 g/mol. The number of rotatable bonds is 3. The largest absolute Gasteiger partial charge is 0.256 e. The van der Waals surface area contributed by atoms with Crippen molar-refractivity contribution < 1.29 is 0 Å². The summed E-state index contributed by atoms with van der Waals surface area (Å²) < 4.78 is 0. The van der Waals surface area contributed by atoms with E-state index in [0.717, 1.165) is 26.9 Å². The number of allylic oxidation sites excluding steroid dienone is 2. The van der Waals surface area contributed by atoms with Crippen LogP contribution >= 0.6 is 0 Å². The van der Waals surface area contributed by atoms with Crippen LogP contribution in [0.25, 0.3) is 34.2 Å². The Labute approximate surface area is 159 Å². The van der Waals surface area contributed by atoms with Crippen molar-refractivity contribution in [2.24, 2.45) is 0 Å². The SMILES string of the molecule is C=c1/c(=C(\C=C/C)c2ccccc2)ccc2c(-c3ccccc3)ccnc12. The van der Waals surface area contributed by atoms with E-state index >= 15 is 0 Å². The van der Waals surface area contributed by atoms with E-state index < -0.39 is 0 Å². The molecule has 0 aliphatic rings. The van der Waals surface area contributed by atoms with Crippen LogP contribution in [0.1, 0.15) is 12.5 Å². The minimum atomic E-state index is 0.951. The van der Waals surface area contributed by atoms with Gasteiger partial charge in [-0.15, -0.1) is 0 Å².